The summed E-state index contributed by atoms with van der Waals surface area (Å²) in [6, 6.07) is 4.59. The Labute approximate surface area is 107 Å². The lowest BCUT2D eigenvalue weighted by Crippen LogP contribution is -2.14. The molecule has 0 atom stereocenters. The number of nitrogens with two attached hydrogens (primary N) is 2. The van der Waals surface area contributed by atoms with Crippen LogP contribution in [0.25, 0.3) is 0 Å². The van der Waals surface area contributed by atoms with Crippen molar-refractivity contribution in [2.45, 2.75) is 18.2 Å². The van der Waals surface area contributed by atoms with Gasteiger partial charge in [-0.15, -0.1) is 0 Å². The maximum atomic E-state index is 11.2. The number of hydrogen-bond acceptors (Lipinski definition) is 5. The Bertz CT molecular complexity index is 488. The first kappa shape index (κ1) is 14.7. The van der Waals surface area contributed by atoms with E-state index in [2.05, 4.69) is 5.32 Å². The van der Waals surface area contributed by atoms with Crippen molar-refractivity contribution >= 4 is 21.4 Å². The van der Waals surface area contributed by atoms with Crippen LogP contribution in [0.4, 0.5) is 11.4 Å². The third kappa shape index (κ3) is 4.52. The molecule has 1 aromatic carbocycles. The van der Waals surface area contributed by atoms with Gasteiger partial charge in [-0.3, -0.25) is 0 Å². The van der Waals surface area contributed by atoms with Crippen LogP contribution < -0.4 is 16.2 Å². The van der Waals surface area contributed by atoms with Crippen molar-refractivity contribution in [3.05, 3.63) is 18.2 Å². The summed E-state index contributed by atoms with van der Waals surface area (Å²) in [7, 11) is -3.76. The monoisotopic (exact) mass is 273 g/mol. The first-order valence-corrected chi connectivity index (χ1v) is 7.23. The molecule has 0 spiro atoms. The Hall–Kier alpha value is -1.31. The Morgan fingerprint density at radius 2 is 2.11 bits per heavy atom. The second-order valence-electron chi connectivity index (χ2n) is 3.77. The fraction of sp³-hybridized carbons (Fsp3) is 0.455. The highest BCUT2D eigenvalue weighted by Crippen LogP contribution is 2.21. The Morgan fingerprint density at radius 3 is 2.67 bits per heavy atom. The second-order valence-corrected chi connectivity index (χ2v) is 5.30. The second kappa shape index (κ2) is 6.58. The maximum Gasteiger partial charge on any atom is 0.240 e. The fourth-order valence-corrected chi connectivity index (χ4v) is 2.11. The van der Waals surface area contributed by atoms with E-state index in [1.54, 1.807) is 12.1 Å². The third-order valence-electron chi connectivity index (χ3n) is 2.32. The lowest BCUT2D eigenvalue weighted by Gasteiger charge is -2.09. The van der Waals surface area contributed by atoms with Gasteiger partial charge in [0.1, 0.15) is 4.90 Å². The molecule has 0 aromatic heterocycles. The minimum Gasteiger partial charge on any atom is -0.398 e. The Balaban J connectivity index is 2.57. The van der Waals surface area contributed by atoms with E-state index in [4.69, 9.17) is 15.6 Å². The number of nitrogens with one attached hydrogen (secondary N) is 1. The lowest BCUT2D eigenvalue weighted by molar-refractivity contribution is 0.147. The Morgan fingerprint density at radius 1 is 1.39 bits per heavy atom. The van der Waals surface area contributed by atoms with Crippen LogP contribution in [0.3, 0.4) is 0 Å². The smallest absolute Gasteiger partial charge is 0.240 e. The van der Waals surface area contributed by atoms with E-state index in [9.17, 15) is 8.42 Å². The number of hydrogen-bond donors (Lipinski definition) is 3. The van der Waals surface area contributed by atoms with Crippen molar-refractivity contribution in [3.8, 4) is 0 Å². The number of sulfonamides is 1. The average Bonchev–Trinajstić information content (AvgIpc) is 2.27. The third-order valence-corrected chi connectivity index (χ3v) is 3.30. The van der Waals surface area contributed by atoms with Gasteiger partial charge >= 0.3 is 0 Å². The van der Waals surface area contributed by atoms with E-state index in [1.807, 2.05) is 6.92 Å². The summed E-state index contributed by atoms with van der Waals surface area (Å²) >= 11 is 0. The fourth-order valence-electron chi connectivity index (χ4n) is 1.47. The van der Waals surface area contributed by atoms with Gasteiger partial charge < -0.3 is 15.8 Å². The molecule has 0 amide bonds. The topological polar surface area (TPSA) is 107 Å². The van der Waals surface area contributed by atoms with Crippen molar-refractivity contribution in [3.63, 3.8) is 0 Å². The van der Waals surface area contributed by atoms with Crippen LogP contribution >= 0.6 is 0 Å². The van der Waals surface area contributed by atoms with Crippen molar-refractivity contribution in [1.82, 2.24) is 0 Å². The SMILES string of the molecule is CCOCCCNc1ccc(S(N)(=O)=O)c(N)c1. The zero-order chi connectivity index (χ0) is 13.6. The Kier molecular flexibility index (Phi) is 5.39. The normalized spacial score (nSPS) is 11.4. The molecule has 18 heavy (non-hydrogen) atoms. The average molecular weight is 273 g/mol. The van der Waals surface area contributed by atoms with Crippen molar-refractivity contribution in [2.24, 2.45) is 5.14 Å². The number of rotatable bonds is 7. The minimum atomic E-state index is -3.76. The highest BCUT2D eigenvalue weighted by molar-refractivity contribution is 7.89. The van der Waals surface area contributed by atoms with Crippen LogP contribution in [-0.2, 0) is 14.8 Å². The molecular formula is C11H19N3O3S. The van der Waals surface area contributed by atoms with Gasteiger partial charge in [-0.1, -0.05) is 0 Å². The zero-order valence-corrected chi connectivity index (χ0v) is 11.2. The highest BCUT2D eigenvalue weighted by atomic mass is 32.2. The van der Waals surface area contributed by atoms with Crippen LogP contribution in [-0.4, -0.2) is 28.2 Å². The van der Waals surface area contributed by atoms with Crippen LogP contribution in [0.15, 0.2) is 23.1 Å². The molecule has 0 aliphatic carbocycles. The molecule has 102 valence electrons. The van der Waals surface area contributed by atoms with Crippen LogP contribution in [0, 0.1) is 0 Å². The van der Waals surface area contributed by atoms with Gasteiger partial charge in [0, 0.05) is 25.4 Å². The van der Waals surface area contributed by atoms with Crippen LogP contribution in [0.2, 0.25) is 0 Å². The summed E-state index contributed by atoms with van der Waals surface area (Å²) in [6.45, 7) is 4.07. The molecule has 0 unspecified atom stereocenters. The van der Waals surface area contributed by atoms with Gasteiger partial charge in [-0.2, -0.15) is 0 Å². The van der Waals surface area contributed by atoms with Gasteiger partial charge in [0.15, 0.2) is 0 Å². The zero-order valence-electron chi connectivity index (χ0n) is 10.3. The minimum absolute atomic E-state index is 0.0534. The number of anilines is 2. The summed E-state index contributed by atoms with van der Waals surface area (Å²) in [5.41, 5.74) is 6.54. The maximum absolute atomic E-state index is 11.2. The van der Waals surface area contributed by atoms with Gasteiger partial charge in [0.05, 0.1) is 5.69 Å². The van der Waals surface area contributed by atoms with E-state index in [1.165, 1.54) is 6.07 Å². The molecular weight excluding hydrogens is 254 g/mol. The molecule has 0 saturated heterocycles. The first-order chi connectivity index (χ1) is 8.45. The van der Waals surface area contributed by atoms with Crippen molar-refractivity contribution < 1.29 is 13.2 Å². The van der Waals surface area contributed by atoms with Crippen molar-refractivity contribution in [1.29, 1.82) is 0 Å². The van der Waals surface area contributed by atoms with E-state index >= 15 is 0 Å². The van der Waals surface area contributed by atoms with Gasteiger partial charge in [0.25, 0.3) is 0 Å². The van der Waals surface area contributed by atoms with E-state index in [-0.39, 0.29) is 10.6 Å². The molecule has 0 saturated carbocycles. The molecule has 1 aromatic rings. The first-order valence-electron chi connectivity index (χ1n) is 5.69. The molecule has 1 rings (SSSR count). The van der Waals surface area contributed by atoms with E-state index in [0.717, 1.165) is 18.7 Å². The number of primary sulfonamides is 1. The van der Waals surface area contributed by atoms with Crippen LogP contribution in [0.1, 0.15) is 13.3 Å². The summed E-state index contributed by atoms with van der Waals surface area (Å²) in [5, 5.41) is 8.15. The number of benzene rings is 1. The molecule has 7 heteroatoms. The van der Waals surface area contributed by atoms with E-state index in [0.29, 0.717) is 13.2 Å². The van der Waals surface area contributed by atoms with Crippen molar-refractivity contribution in [2.75, 3.05) is 30.8 Å². The van der Waals surface area contributed by atoms with Gasteiger partial charge in [0.2, 0.25) is 10.0 Å². The summed E-state index contributed by atoms with van der Waals surface area (Å²) in [5.74, 6) is 0. The molecule has 0 bridgehead atoms. The largest absolute Gasteiger partial charge is 0.398 e. The molecule has 0 aliphatic heterocycles. The predicted octanol–water partition coefficient (Wildman–Crippen LogP) is 0.755. The van der Waals surface area contributed by atoms with Crippen LogP contribution in [0.5, 0.6) is 0 Å². The highest BCUT2D eigenvalue weighted by Gasteiger charge is 2.11. The van der Waals surface area contributed by atoms with Gasteiger partial charge in [-0.25, -0.2) is 13.6 Å². The molecule has 5 N–H and O–H groups in total. The number of nitrogen functional groups attached to an aromatic ring is 1. The standard InChI is InChI=1S/C11H19N3O3S/c1-2-17-7-3-6-14-9-4-5-11(10(12)8-9)18(13,15)16/h4-5,8,14H,2-3,6-7,12H2,1H3,(H2,13,15,16). The molecule has 0 fully saturated rings. The quantitative estimate of drug-likeness (QED) is 0.502. The van der Waals surface area contributed by atoms with Gasteiger partial charge in [-0.05, 0) is 31.5 Å². The lowest BCUT2D eigenvalue weighted by atomic mass is 10.2. The summed E-state index contributed by atoms with van der Waals surface area (Å²) < 4.78 is 27.5. The summed E-state index contributed by atoms with van der Waals surface area (Å²) in [4.78, 5) is -0.0534. The molecule has 0 radical (unpaired) electrons. The summed E-state index contributed by atoms with van der Waals surface area (Å²) in [6.07, 6.45) is 0.866. The predicted molar refractivity (Wildman–Crippen MR) is 71.8 cm³/mol. The number of ether oxygens (including phenoxy) is 1. The molecule has 0 heterocycles. The molecule has 6 nitrogen and oxygen atoms in total. The molecule has 0 aliphatic rings. The van der Waals surface area contributed by atoms with E-state index < -0.39 is 10.0 Å².